The molecular weight excluding hydrogens is 1160 g/mol. The van der Waals surface area contributed by atoms with Gasteiger partial charge in [-0.15, -0.1) is 0 Å². The number of halogens is 2. The number of hydrogen-bond acceptors (Lipinski definition) is 10. The zero-order valence-electron chi connectivity index (χ0n) is 53.4. The molecule has 8 aromatic rings. The van der Waals surface area contributed by atoms with Crippen molar-refractivity contribution in [3.8, 4) is 44.9 Å². The van der Waals surface area contributed by atoms with Crippen LogP contribution in [0.4, 0.5) is 20.2 Å². The lowest BCUT2D eigenvalue weighted by molar-refractivity contribution is -0.171. The molecule has 4 amide bonds. The van der Waals surface area contributed by atoms with Crippen molar-refractivity contribution in [3.05, 3.63) is 155 Å². The molecule has 0 spiro atoms. The Morgan fingerprint density at radius 3 is 1.57 bits per heavy atom. The molecule has 8 saturated carbocycles. The van der Waals surface area contributed by atoms with Crippen molar-refractivity contribution < 1.29 is 47.0 Å². The van der Waals surface area contributed by atoms with Crippen LogP contribution in [-0.2, 0) is 6.42 Å². The van der Waals surface area contributed by atoms with E-state index in [4.69, 9.17) is 8.83 Å². The molecule has 8 bridgehead atoms. The lowest BCUT2D eigenvalue weighted by Gasteiger charge is -2.62. The van der Waals surface area contributed by atoms with Gasteiger partial charge in [-0.3, -0.25) is 19.2 Å². The first-order valence-electron chi connectivity index (χ1n) is 33.2. The van der Waals surface area contributed by atoms with E-state index in [1.807, 2.05) is 60.7 Å². The molecule has 5 unspecified atom stereocenters. The van der Waals surface area contributed by atoms with Crippen LogP contribution in [-0.4, -0.2) is 96.9 Å². The Bertz CT molecular complexity index is 4220. The average molecular weight is 1250 g/mol. The maximum absolute atomic E-state index is 15.3. The van der Waals surface area contributed by atoms with Gasteiger partial charge < -0.3 is 50.1 Å². The molecule has 6 aromatic carbocycles. The standard InChI is InChI=1S/C76H82F2N6O8/c1-7-83(8-2)61-31-63-60(66(72(88)80-6)68(91-63)50-15-19-56(78)20-16-50)30-58(61)53-25-44(26-54(28-53)70(86)82-74-35-47-24-48(36-74)40-76(90,39-47)42-74)21-22-84(9-3)62-32-64-59(65(71(87)79-5)67(92-64)49-13-17-55(77)18-14-49)29-57(62)51-11-10-12-52(27-51)69(85)81-43(4)73-33-45-23-46(34-73)38-75(89,37-45)41-73/h10-20,25-32,43,45-48,89-90H,7-9,21-24,33-42H2,1-6H3,(H,79,87)(H,80,88)(H,81,85)(H,82,86)/t43?,45-,46+,47-,48+,73?,74?,75?,76?. The van der Waals surface area contributed by atoms with E-state index in [0.29, 0.717) is 125 Å². The van der Waals surface area contributed by atoms with Gasteiger partial charge in [-0.2, -0.15) is 0 Å². The van der Waals surface area contributed by atoms with Crippen LogP contribution in [0.25, 0.3) is 66.8 Å². The highest BCUT2D eigenvalue weighted by Gasteiger charge is 2.60. The highest BCUT2D eigenvalue weighted by Crippen LogP contribution is 2.63. The summed E-state index contributed by atoms with van der Waals surface area (Å²) < 4.78 is 42.1. The van der Waals surface area contributed by atoms with Crippen LogP contribution < -0.4 is 31.1 Å². The Morgan fingerprint density at radius 2 is 1.05 bits per heavy atom. The SMILES string of the molecule is CCN(CC)c1cc2oc(-c3ccc(F)cc3)c(C(=O)NC)c2cc1-c1cc(CCN(CC)c2cc3oc(-c4ccc(F)cc4)c(C(=O)NC)c3cc2-c2cccc(C(=O)NC(C)C34C[C@@H]5C[C@@H](CC(O)(C5)C3)C4)c2)cc(C(=O)NC23C[C@@H]4C[C@@H](CC(O)(C4)C2)C3)c1. The summed E-state index contributed by atoms with van der Waals surface area (Å²) in [5.41, 5.74) is 6.65. The third kappa shape index (κ3) is 11.0. The summed E-state index contributed by atoms with van der Waals surface area (Å²) in [6, 6.07) is 32.9. The summed E-state index contributed by atoms with van der Waals surface area (Å²) in [6.07, 6.45) is 10.6. The summed E-state index contributed by atoms with van der Waals surface area (Å²) in [5.74, 6) is 0.106. The van der Waals surface area contributed by atoms with Crippen molar-refractivity contribution in [2.75, 3.05) is 50.1 Å². The Kier molecular flexibility index (Phi) is 15.5. The van der Waals surface area contributed by atoms with E-state index >= 15 is 4.79 Å². The smallest absolute Gasteiger partial charge is 0.255 e. The molecule has 14 nitrogen and oxygen atoms in total. The molecule has 2 heterocycles. The quantitative estimate of drug-likeness (QED) is 0.0454. The third-order valence-electron chi connectivity index (χ3n) is 22.0. The molecule has 8 fully saturated rings. The Hall–Kier alpha value is -8.34. The largest absolute Gasteiger partial charge is 0.455 e. The lowest BCUT2D eigenvalue weighted by atomic mass is 9.46. The molecular formula is C76H82F2N6O8. The van der Waals surface area contributed by atoms with Crippen LogP contribution in [0.1, 0.15) is 152 Å². The van der Waals surface area contributed by atoms with Crippen molar-refractivity contribution in [2.45, 2.75) is 134 Å². The molecule has 92 heavy (non-hydrogen) atoms. The predicted octanol–water partition coefficient (Wildman–Crippen LogP) is 14.0. The van der Waals surface area contributed by atoms with E-state index in [0.717, 1.165) is 103 Å². The van der Waals surface area contributed by atoms with Gasteiger partial charge in [0.25, 0.3) is 23.6 Å². The number of likely N-dealkylation sites (N-methyl/N-ethyl adjacent to an activating group) is 1. The minimum atomic E-state index is -0.808. The number of fused-ring (bicyclic) bond motifs is 2. The monoisotopic (exact) mass is 1240 g/mol. The second kappa shape index (κ2) is 23.3. The highest BCUT2D eigenvalue weighted by atomic mass is 19.1. The molecule has 0 saturated heterocycles. The minimum Gasteiger partial charge on any atom is -0.455 e. The van der Waals surface area contributed by atoms with Gasteiger partial charge in [0.15, 0.2) is 0 Å². The number of rotatable bonds is 19. The Morgan fingerprint density at radius 1 is 0.554 bits per heavy atom. The maximum atomic E-state index is 15.3. The van der Waals surface area contributed by atoms with Crippen molar-refractivity contribution in [3.63, 3.8) is 0 Å². The number of amides is 4. The molecule has 16 rings (SSSR count). The summed E-state index contributed by atoms with van der Waals surface area (Å²) in [6.45, 7) is 10.5. The van der Waals surface area contributed by atoms with Gasteiger partial charge in [0.2, 0.25) is 0 Å². The number of hydrogen-bond donors (Lipinski definition) is 6. The fourth-order valence-electron chi connectivity index (χ4n) is 18.7. The first kappa shape index (κ1) is 61.2. The van der Waals surface area contributed by atoms with Crippen molar-refractivity contribution >= 4 is 56.9 Å². The molecule has 2 aromatic heterocycles. The molecule has 0 aliphatic heterocycles. The van der Waals surface area contributed by atoms with Gasteiger partial charge in [0.05, 0.1) is 22.3 Å². The van der Waals surface area contributed by atoms with Crippen LogP contribution in [0.2, 0.25) is 0 Å². The molecule has 6 N–H and O–H groups in total. The number of carbonyl (C=O) groups is 4. The zero-order chi connectivity index (χ0) is 64.2. The van der Waals surface area contributed by atoms with E-state index in [1.165, 1.54) is 24.3 Å². The number of nitrogens with one attached hydrogen (secondary N) is 4. The predicted molar refractivity (Wildman–Crippen MR) is 355 cm³/mol. The fraction of sp³-hybridized carbons (Fsp3) is 0.421. The van der Waals surface area contributed by atoms with Crippen LogP contribution in [0, 0.1) is 40.7 Å². The van der Waals surface area contributed by atoms with Gasteiger partial charge in [-0.1, -0.05) is 18.2 Å². The number of benzene rings is 6. The normalized spacial score (nSPS) is 25.3. The molecule has 8 aliphatic carbocycles. The second-order valence-electron chi connectivity index (χ2n) is 28.2. The van der Waals surface area contributed by atoms with E-state index in [1.54, 1.807) is 38.4 Å². The van der Waals surface area contributed by atoms with Crippen LogP contribution >= 0.6 is 0 Å². The number of anilines is 2. The third-order valence-corrected chi connectivity index (χ3v) is 22.0. The maximum Gasteiger partial charge on any atom is 0.255 e. The number of nitrogens with zero attached hydrogens (tertiary/aromatic N) is 2. The number of furan rings is 2. The summed E-state index contributed by atoms with van der Waals surface area (Å²) in [7, 11) is 3.12. The van der Waals surface area contributed by atoms with E-state index in [2.05, 4.69) is 64.8 Å². The van der Waals surface area contributed by atoms with Crippen LogP contribution in [0.3, 0.4) is 0 Å². The second-order valence-corrected chi connectivity index (χ2v) is 28.2. The summed E-state index contributed by atoms with van der Waals surface area (Å²) in [5, 5.41) is 37.1. The van der Waals surface area contributed by atoms with E-state index < -0.39 is 34.3 Å². The van der Waals surface area contributed by atoms with Crippen molar-refractivity contribution in [1.29, 1.82) is 0 Å². The first-order valence-corrected chi connectivity index (χ1v) is 33.2. The van der Waals surface area contributed by atoms with E-state index in [9.17, 15) is 33.4 Å². The number of carbonyl (C=O) groups excluding carboxylic acids is 4. The molecule has 9 atom stereocenters. The summed E-state index contributed by atoms with van der Waals surface area (Å²) in [4.78, 5) is 62.6. The topological polar surface area (TPSA) is 190 Å². The number of aliphatic hydroxyl groups is 2. The highest BCUT2D eigenvalue weighted by molar-refractivity contribution is 6.14. The Balaban J connectivity index is 0.876. The lowest BCUT2D eigenvalue weighted by Crippen LogP contribution is -2.65. The van der Waals surface area contributed by atoms with Crippen molar-refractivity contribution in [2.24, 2.45) is 29.1 Å². The van der Waals surface area contributed by atoms with E-state index in [-0.39, 0.29) is 40.5 Å². The van der Waals surface area contributed by atoms with Gasteiger partial charge >= 0.3 is 0 Å². The first-order chi connectivity index (χ1) is 44.2. The average Bonchev–Trinajstić information content (AvgIpc) is 0.950. The molecule has 16 heteroatoms. The van der Waals surface area contributed by atoms with Crippen LogP contribution in [0.15, 0.2) is 124 Å². The van der Waals surface area contributed by atoms with Gasteiger partial charge in [0.1, 0.15) is 34.3 Å². The summed E-state index contributed by atoms with van der Waals surface area (Å²) >= 11 is 0. The van der Waals surface area contributed by atoms with Gasteiger partial charge in [0, 0.05) is 120 Å². The fourth-order valence-corrected chi connectivity index (χ4v) is 18.7. The molecule has 478 valence electrons. The van der Waals surface area contributed by atoms with Gasteiger partial charge in [-0.05, 0) is 242 Å². The Labute approximate surface area is 535 Å². The van der Waals surface area contributed by atoms with Gasteiger partial charge in [-0.25, -0.2) is 8.78 Å². The zero-order valence-corrected chi connectivity index (χ0v) is 53.4. The van der Waals surface area contributed by atoms with Crippen LogP contribution in [0.5, 0.6) is 0 Å². The molecule has 0 radical (unpaired) electrons. The minimum absolute atomic E-state index is 0.169. The van der Waals surface area contributed by atoms with Crippen molar-refractivity contribution in [1.82, 2.24) is 21.3 Å². The molecule has 8 aliphatic rings.